The first-order valence-corrected chi connectivity index (χ1v) is 10.4. The van der Waals surface area contributed by atoms with Crippen LogP contribution < -0.4 is 14.4 Å². The van der Waals surface area contributed by atoms with E-state index in [2.05, 4.69) is 32.7 Å². The number of aryl methyl sites for hydroxylation is 1. The highest BCUT2D eigenvalue weighted by molar-refractivity contribution is 5.98. The molecular formula is C22H27N3O3. The largest absolute Gasteiger partial charge is 0.454 e. The minimum atomic E-state index is 0.319. The Labute approximate surface area is 165 Å². The smallest absolute Gasteiger partial charge is 0.231 e. The van der Waals surface area contributed by atoms with Crippen LogP contribution in [0.2, 0.25) is 0 Å². The van der Waals surface area contributed by atoms with Gasteiger partial charge in [0.15, 0.2) is 17.3 Å². The number of benzene rings is 1. The van der Waals surface area contributed by atoms with E-state index in [0.717, 1.165) is 75.6 Å². The highest BCUT2D eigenvalue weighted by Crippen LogP contribution is 2.35. The summed E-state index contributed by atoms with van der Waals surface area (Å²) in [6.45, 7) is 6.67. The zero-order chi connectivity index (χ0) is 18.9. The molecule has 0 unspecified atom stereocenters. The summed E-state index contributed by atoms with van der Waals surface area (Å²) in [6.07, 6.45) is 5.98. The summed E-state index contributed by atoms with van der Waals surface area (Å²) >= 11 is 0. The Morgan fingerprint density at radius 3 is 2.68 bits per heavy atom. The van der Waals surface area contributed by atoms with Crippen LogP contribution >= 0.6 is 0 Å². The fourth-order valence-electron chi connectivity index (χ4n) is 4.57. The molecule has 0 spiro atoms. The lowest BCUT2D eigenvalue weighted by molar-refractivity contribution is 0.0971. The van der Waals surface area contributed by atoms with Crippen LogP contribution in [0.1, 0.15) is 35.3 Å². The molecule has 0 radical (unpaired) electrons. The lowest BCUT2D eigenvalue weighted by Gasteiger charge is -2.36. The molecule has 1 aromatic carbocycles. The van der Waals surface area contributed by atoms with Gasteiger partial charge in [-0.2, -0.15) is 0 Å². The van der Waals surface area contributed by atoms with E-state index in [0.29, 0.717) is 19.0 Å². The first-order valence-electron chi connectivity index (χ1n) is 10.4. The SMILES string of the molecule is O=C1CCCc2c1ccn2CCCN1CCN(c2ccc3c(c2)OCO3)CC1. The average Bonchev–Trinajstić information content (AvgIpc) is 3.36. The summed E-state index contributed by atoms with van der Waals surface area (Å²) in [5.41, 5.74) is 3.43. The van der Waals surface area contributed by atoms with E-state index in [-0.39, 0.29) is 0 Å². The molecule has 0 amide bonds. The number of nitrogens with zero attached hydrogens (tertiary/aromatic N) is 3. The molecular weight excluding hydrogens is 354 g/mol. The van der Waals surface area contributed by atoms with Crippen molar-refractivity contribution in [3.63, 3.8) is 0 Å². The second-order valence-corrected chi connectivity index (χ2v) is 7.87. The Morgan fingerprint density at radius 2 is 1.79 bits per heavy atom. The van der Waals surface area contributed by atoms with Crippen molar-refractivity contribution in [1.82, 2.24) is 9.47 Å². The maximum absolute atomic E-state index is 12.0. The third kappa shape index (κ3) is 3.37. The molecule has 6 heteroatoms. The summed E-state index contributed by atoms with van der Waals surface area (Å²) in [5, 5.41) is 0. The van der Waals surface area contributed by atoms with Crippen LogP contribution in [0.3, 0.4) is 0 Å². The number of piperazine rings is 1. The second kappa shape index (κ2) is 7.51. The Balaban J connectivity index is 1.11. The van der Waals surface area contributed by atoms with Gasteiger partial charge in [0.05, 0.1) is 0 Å². The van der Waals surface area contributed by atoms with E-state index in [4.69, 9.17) is 9.47 Å². The zero-order valence-electron chi connectivity index (χ0n) is 16.2. The first-order chi connectivity index (χ1) is 13.8. The molecule has 1 aliphatic carbocycles. The molecule has 3 aliphatic rings. The van der Waals surface area contributed by atoms with Gasteiger partial charge in [-0.15, -0.1) is 0 Å². The number of hydrogen-bond acceptors (Lipinski definition) is 5. The fraction of sp³-hybridized carbons (Fsp3) is 0.500. The number of hydrogen-bond donors (Lipinski definition) is 0. The van der Waals surface area contributed by atoms with Gasteiger partial charge in [-0.05, 0) is 44.0 Å². The quantitative estimate of drug-likeness (QED) is 0.797. The van der Waals surface area contributed by atoms with Crippen LogP contribution in [0.4, 0.5) is 5.69 Å². The molecule has 2 aromatic rings. The van der Waals surface area contributed by atoms with E-state index in [1.54, 1.807) is 0 Å². The number of fused-ring (bicyclic) bond motifs is 2. The number of anilines is 1. The van der Waals surface area contributed by atoms with Gasteiger partial charge in [0.25, 0.3) is 0 Å². The molecule has 1 fully saturated rings. The van der Waals surface area contributed by atoms with Gasteiger partial charge in [-0.25, -0.2) is 0 Å². The van der Waals surface area contributed by atoms with Crippen LogP contribution in [0.5, 0.6) is 11.5 Å². The molecule has 148 valence electrons. The van der Waals surface area contributed by atoms with Crippen molar-refractivity contribution in [2.24, 2.45) is 0 Å². The van der Waals surface area contributed by atoms with Gasteiger partial charge < -0.3 is 18.9 Å². The summed E-state index contributed by atoms with van der Waals surface area (Å²) in [7, 11) is 0. The van der Waals surface area contributed by atoms with Gasteiger partial charge in [0.1, 0.15) is 0 Å². The van der Waals surface area contributed by atoms with E-state index in [1.807, 2.05) is 12.1 Å². The highest BCUT2D eigenvalue weighted by atomic mass is 16.7. The molecule has 0 saturated carbocycles. The standard InChI is InChI=1S/C22H27N3O3/c26-20-4-1-3-19-18(20)7-10-25(19)9-2-8-23-11-13-24(14-12-23)17-5-6-21-22(15-17)28-16-27-21/h5-7,10,15H,1-4,8-9,11-14,16H2. The molecule has 0 bridgehead atoms. The number of ether oxygens (including phenoxy) is 2. The molecule has 0 atom stereocenters. The number of carbonyl (C=O) groups is 1. The van der Waals surface area contributed by atoms with Crippen molar-refractivity contribution in [3.8, 4) is 11.5 Å². The van der Waals surface area contributed by atoms with Gasteiger partial charge in [-0.3, -0.25) is 9.69 Å². The number of Topliss-reactive ketones (excluding diaryl/α,β-unsaturated/α-hetero) is 1. The maximum Gasteiger partial charge on any atom is 0.231 e. The van der Waals surface area contributed by atoms with Crippen molar-refractivity contribution < 1.29 is 14.3 Å². The van der Waals surface area contributed by atoms with Crippen LogP contribution in [0.25, 0.3) is 0 Å². The summed E-state index contributed by atoms with van der Waals surface area (Å²) in [6, 6.07) is 8.24. The normalized spacial score (nSPS) is 19.1. The number of ketones is 1. The minimum absolute atomic E-state index is 0.319. The molecule has 1 saturated heterocycles. The first kappa shape index (κ1) is 17.6. The van der Waals surface area contributed by atoms with E-state index in [9.17, 15) is 4.79 Å². The van der Waals surface area contributed by atoms with Crippen molar-refractivity contribution >= 4 is 11.5 Å². The van der Waals surface area contributed by atoms with Gasteiger partial charge in [-0.1, -0.05) is 0 Å². The fourth-order valence-corrected chi connectivity index (χ4v) is 4.57. The lowest BCUT2D eigenvalue weighted by atomic mass is 9.97. The topological polar surface area (TPSA) is 46.9 Å². The Morgan fingerprint density at radius 1 is 0.929 bits per heavy atom. The zero-order valence-corrected chi connectivity index (χ0v) is 16.2. The number of aromatic nitrogens is 1. The van der Waals surface area contributed by atoms with Crippen LogP contribution in [-0.2, 0) is 13.0 Å². The van der Waals surface area contributed by atoms with Crippen molar-refractivity contribution in [1.29, 1.82) is 0 Å². The number of rotatable bonds is 5. The molecule has 1 aromatic heterocycles. The van der Waals surface area contributed by atoms with Crippen molar-refractivity contribution in [2.75, 3.05) is 44.4 Å². The summed E-state index contributed by atoms with van der Waals surface area (Å²) < 4.78 is 13.2. The van der Waals surface area contributed by atoms with E-state index < -0.39 is 0 Å². The van der Waals surface area contributed by atoms with E-state index >= 15 is 0 Å². The van der Waals surface area contributed by atoms with Crippen molar-refractivity contribution in [2.45, 2.75) is 32.2 Å². The average molecular weight is 381 g/mol. The molecule has 28 heavy (non-hydrogen) atoms. The predicted octanol–water partition coefficient (Wildman–Crippen LogP) is 2.95. The highest BCUT2D eigenvalue weighted by Gasteiger charge is 2.22. The third-order valence-electron chi connectivity index (χ3n) is 6.16. The van der Waals surface area contributed by atoms with Gasteiger partial charge >= 0.3 is 0 Å². The van der Waals surface area contributed by atoms with Crippen LogP contribution in [0.15, 0.2) is 30.5 Å². The number of carbonyl (C=O) groups excluding carboxylic acids is 1. The molecule has 5 rings (SSSR count). The second-order valence-electron chi connectivity index (χ2n) is 7.87. The maximum atomic E-state index is 12.0. The Kier molecular flexibility index (Phi) is 4.72. The minimum Gasteiger partial charge on any atom is -0.454 e. The summed E-state index contributed by atoms with van der Waals surface area (Å²) in [4.78, 5) is 17.0. The molecule has 3 heterocycles. The lowest BCUT2D eigenvalue weighted by Crippen LogP contribution is -2.46. The molecule has 6 nitrogen and oxygen atoms in total. The predicted molar refractivity (Wildman–Crippen MR) is 108 cm³/mol. The van der Waals surface area contributed by atoms with E-state index in [1.165, 1.54) is 11.4 Å². The Hall–Kier alpha value is -2.47. The Bertz CT molecular complexity index is 868. The van der Waals surface area contributed by atoms with Gasteiger partial charge in [0.2, 0.25) is 6.79 Å². The van der Waals surface area contributed by atoms with Crippen LogP contribution in [-0.4, -0.2) is 54.8 Å². The summed E-state index contributed by atoms with van der Waals surface area (Å²) in [5.74, 6) is 2.02. The van der Waals surface area contributed by atoms with Crippen molar-refractivity contribution in [3.05, 3.63) is 41.7 Å². The molecule has 2 aliphatic heterocycles. The van der Waals surface area contributed by atoms with Crippen LogP contribution in [0, 0.1) is 0 Å². The monoisotopic (exact) mass is 381 g/mol. The third-order valence-corrected chi connectivity index (χ3v) is 6.16. The molecule has 0 N–H and O–H groups in total. The van der Waals surface area contributed by atoms with Gasteiger partial charge in [0, 0.05) is 68.4 Å².